The van der Waals surface area contributed by atoms with E-state index in [1.165, 1.54) is 7.11 Å². The zero-order valence-corrected chi connectivity index (χ0v) is 20.3. The maximum absolute atomic E-state index is 12.9. The van der Waals surface area contributed by atoms with Crippen LogP contribution in [-0.4, -0.2) is 40.9 Å². The van der Waals surface area contributed by atoms with Crippen LogP contribution in [0.3, 0.4) is 0 Å². The van der Waals surface area contributed by atoms with Crippen LogP contribution < -0.4 is 21.6 Å². The molecule has 1 aromatic heterocycles. The Balaban J connectivity index is 1.83. The quantitative estimate of drug-likeness (QED) is 0.436. The Labute approximate surface area is 206 Å². The maximum atomic E-state index is 12.9. The standard InChI is InChI=1S/C24H26ClN5O5/c1-14(2)21(27-24(34)35-3)22(32)26-13-19-17-6-4-5-7-18(17)23(33)30(28-19)29-20(31)12-15-8-10-16(25)11-9-15/h4-11,14,21H,12-13H2,1-3H3,(H,26,32)(H,27,34)(H,29,31)/t21-/m0/s1. The molecule has 0 radical (unpaired) electrons. The fourth-order valence-corrected chi connectivity index (χ4v) is 3.53. The zero-order chi connectivity index (χ0) is 25.5. The SMILES string of the molecule is COC(=O)N[C@H](C(=O)NCc1nn(NC(=O)Cc2ccc(Cl)cc2)c(=O)c2ccccc12)C(C)C. The molecule has 184 valence electrons. The number of nitrogens with one attached hydrogen (secondary N) is 3. The van der Waals surface area contributed by atoms with Gasteiger partial charge in [0.05, 0.1) is 31.2 Å². The number of hydrogen-bond donors (Lipinski definition) is 3. The van der Waals surface area contributed by atoms with E-state index in [1.807, 2.05) is 0 Å². The fourth-order valence-electron chi connectivity index (χ4n) is 3.41. The van der Waals surface area contributed by atoms with Crippen molar-refractivity contribution in [2.75, 3.05) is 12.5 Å². The minimum absolute atomic E-state index is 0.0133. The number of carbonyl (C=O) groups excluding carboxylic acids is 3. The van der Waals surface area contributed by atoms with Crippen molar-refractivity contribution < 1.29 is 19.1 Å². The van der Waals surface area contributed by atoms with Crippen LogP contribution in [0.15, 0.2) is 53.3 Å². The van der Waals surface area contributed by atoms with Gasteiger partial charge < -0.3 is 15.4 Å². The summed E-state index contributed by atoms with van der Waals surface area (Å²) < 4.78 is 4.59. The van der Waals surface area contributed by atoms with E-state index in [2.05, 4.69) is 25.9 Å². The maximum Gasteiger partial charge on any atom is 0.407 e. The van der Waals surface area contributed by atoms with Crippen LogP contribution in [0.25, 0.3) is 10.8 Å². The normalized spacial score (nSPS) is 11.7. The first-order valence-corrected chi connectivity index (χ1v) is 11.2. The summed E-state index contributed by atoms with van der Waals surface area (Å²) in [5, 5.41) is 10.9. The number of hydrogen-bond acceptors (Lipinski definition) is 6. The Hall–Kier alpha value is -3.92. The highest BCUT2D eigenvalue weighted by Gasteiger charge is 2.25. The Morgan fingerprint density at radius 3 is 2.34 bits per heavy atom. The molecule has 2 aromatic carbocycles. The smallest absolute Gasteiger partial charge is 0.407 e. The first-order valence-electron chi connectivity index (χ1n) is 10.9. The number of alkyl carbamates (subject to hydrolysis) is 1. The van der Waals surface area contributed by atoms with Crippen molar-refractivity contribution in [3.63, 3.8) is 0 Å². The van der Waals surface area contributed by atoms with E-state index in [1.54, 1.807) is 62.4 Å². The first-order chi connectivity index (χ1) is 16.7. The highest BCUT2D eigenvalue weighted by molar-refractivity contribution is 6.30. The summed E-state index contributed by atoms with van der Waals surface area (Å²) in [6.45, 7) is 3.52. The van der Waals surface area contributed by atoms with Crippen LogP contribution in [-0.2, 0) is 27.3 Å². The molecular formula is C24H26ClN5O5. The van der Waals surface area contributed by atoms with Crippen LogP contribution in [0, 0.1) is 5.92 Å². The molecule has 3 N–H and O–H groups in total. The minimum Gasteiger partial charge on any atom is -0.453 e. The van der Waals surface area contributed by atoms with Crippen molar-refractivity contribution in [1.29, 1.82) is 0 Å². The molecule has 0 saturated carbocycles. The molecule has 1 heterocycles. The van der Waals surface area contributed by atoms with E-state index >= 15 is 0 Å². The molecule has 0 unspecified atom stereocenters. The van der Waals surface area contributed by atoms with Crippen molar-refractivity contribution in [1.82, 2.24) is 20.5 Å². The van der Waals surface area contributed by atoms with E-state index in [4.69, 9.17) is 11.6 Å². The number of benzene rings is 2. The minimum atomic E-state index is -0.835. The molecule has 0 aliphatic carbocycles. The molecule has 0 bridgehead atoms. The summed E-state index contributed by atoms with van der Waals surface area (Å²) >= 11 is 5.88. The lowest BCUT2D eigenvalue weighted by Crippen LogP contribution is -2.49. The Bertz CT molecular complexity index is 1290. The molecule has 1 atom stereocenters. The number of aromatic nitrogens is 2. The lowest BCUT2D eigenvalue weighted by Gasteiger charge is -2.21. The molecule has 0 spiro atoms. The van der Waals surface area contributed by atoms with Gasteiger partial charge in [-0.2, -0.15) is 5.10 Å². The summed E-state index contributed by atoms with van der Waals surface area (Å²) in [4.78, 5) is 50.7. The molecule has 3 amide bonds. The average Bonchev–Trinajstić information content (AvgIpc) is 2.84. The molecule has 35 heavy (non-hydrogen) atoms. The van der Waals surface area contributed by atoms with E-state index in [9.17, 15) is 19.2 Å². The molecule has 3 rings (SSSR count). The van der Waals surface area contributed by atoms with Gasteiger partial charge in [0, 0.05) is 10.4 Å². The average molecular weight is 500 g/mol. The number of halogens is 1. The van der Waals surface area contributed by atoms with Gasteiger partial charge in [0.25, 0.3) is 5.56 Å². The van der Waals surface area contributed by atoms with Crippen molar-refractivity contribution in [3.8, 4) is 0 Å². The highest BCUT2D eigenvalue weighted by atomic mass is 35.5. The molecule has 0 saturated heterocycles. The van der Waals surface area contributed by atoms with Crippen molar-refractivity contribution in [3.05, 3.63) is 75.2 Å². The fraction of sp³-hybridized carbons (Fsp3) is 0.292. The molecule has 11 heteroatoms. The Morgan fingerprint density at radius 1 is 1.06 bits per heavy atom. The lowest BCUT2D eigenvalue weighted by molar-refractivity contribution is -0.124. The van der Waals surface area contributed by atoms with Gasteiger partial charge in [0.15, 0.2) is 0 Å². The summed E-state index contributed by atoms with van der Waals surface area (Å²) in [5.41, 5.74) is 3.07. The summed E-state index contributed by atoms with van der Waals surface area (Å²) in [6, 6.07) is 12.7. The Kier molecular flexibility index (Phi) is 8.43. The largest absolute Gasteiger partial charge is 0.453 e. The van der Waals surface area contributed by atoms with Gasteiger partial charge in [0.2, 0.25) is 11.8 Å². The highest BCUT2D eigenvalue weighted by Crippen LogP contribution is 2.14. The van der Waals surface area contributed by atoms with Crippen molar-refractivity contribution >= 4 is 40.3 Å². The van der Waals surface area contributed by atoms with Crippen molar-refractivity contribution in [2.45, 2.75) is 32.9 Å². The van der Waals surface area contributed by atoms with Gasteiger partial charge >= 0.3 is 6.09 Å². The molecule has 3 aromatic rings. The van der Waals surface area contributed by atoms with Crippen LogP contribution in [0.4, 0.5) is 4.79 Å². The van der Waals surface area contributed by atoms with Gasteiger partial charge in [-0.1, -0.05) is 55.8 Å². The number of carbonyl (C=O) groups is 3. The third-order valence-corrected chi connectivity index (χ3v) is 5.48. The topological polar surface area (TPSA) is 131 Å². The van der Waals surface area contributed by atoms with Crippen LogP contribution in [0.2, 0.25) is 5.02 Å². The van der Waals surface area contributed by atoms with E-state index in [0.717, 1.165) is 4.79 Å². The van der Waals surface area contributed by atoms with Crippen LogP contribution in [0.1, 0.15) is 25.1 Å². The second-order valence-corrected chi connectivity index (χ2v) is 8.56. The second kappa shape index (κ2) is 11.5. The van der Waals surface area contributed by atoms with Gasteiger partial charge in [0.1, 0.15) is 6.04 Å². The van der Waals surface area contributed by atoms with Crippen LogP contribution >= 0.6 is 11.6 Å². The number of amides is 3. The molecule has 0 fully saturated rings. The van der Waals surface area contributed by atoms with Gasteiger partial charge in [-0.15, -0.1) is 4.79 Å². The van der Waals surface area contributed by atoms with Gasteiger partial charge in [-0.25, -0.2) is 10.2 Å². The number of ether oxygens (including phenoxy) is 1. The number of rotatable bonds is 8. The molecule has 10 nitrogen and oxygen atoms in total. The van der Waals surface area contributed by atoms with E-state index in [0.29, 0.717) is 27.1 Å². The third kappa shape index (κ3) is 6.57. The molecule has 0 aliphatic heterocycles. The van der Waals surface area contributed by atoms with E-state index < -0.39 is 29.5 Å². The van der Waals surface area contributed by atoms with E-state index in [-0.39, 0.29) is 18.9 Å². The Morgan fingerprint density at radius 2 is 1.71 bits per heavy atom. The van der Waals surface area contributed by atoms with Crippen LogP contribution in [0.5, 0.6) is 0 Å². The predicted octanol–water partition coefficient (Wildman–Crippen LogP) is 2.36. The number of methoxy groups -OCH3 is 1. The lowest BCUT2D eigenvalue weighted by atomic mass is 10.0. The molecule has 0 aliphatic rings. The summed E-state index contributed by atoms with van der Waals surface area (Å²) in [7, 11) is 1.21. The zero-order valence-electron chi connectivity index (χ0n) is 19.5. The molecular weight excluding hydrogens is 474 g/mol. The van der Waals surface area contributed by atoms with Gasteiger partial charge in [-0.3, -0.25) is 14.4 Å². The summed E-state index contributed by atoms with van der Waals surface area (Å²) in [6.07, 6.45) is -0.709. The second-order valence-electron chi connectivity index (χ2n) is 8.12. The monoisotopic (exact) mass is 499 g/mol. The number of fused-ring (bicyclic) bond motifs is 1. The van der Waals surface area contributed by atoms with Gasteiger partial charge in [-0.05, 0) is 29.7 Å². The first kappa shape index (κ1) is 25.7. The van der Waals surface area contributed by atoms with Crippen molar-refractivity contribution in [2.24, 2.45) is 5.92 Å². The summed E-state index contributed by atoms with van der Waals surface area (Å²) in [5.74, 6) is -1.10. The third-order valence-electron chi connectivity index (χ3n) is 5.23. The number of nitrogens with zero attached hydrogens (tertiary/aromatic N) is 2. The predicted molar refractivity (Wildman–Crippen MR) is 132 cm³/mol.